The summed E-state index contributed by atoms with van der Waals surface area (Å²) in [6.45, 7) is 0. The zero-order chi connectivity index (χ0) is 8.29. The molecule has 1 aliphatic rings. The van der Waals surface area contributed by atoms with Crippen molar-refractivity contribution in [3.63, 3.8) is 0 Å². The van der Waals surface area contributed by atoms with E-state index in [1.807, 2.05) is 6.07 Å². The van der Waals surface area contributed by atoms with Crippen molar-refractivity contribution in [3.05, 3.63) is 35.9 Å². The van der Waals surface area contributed by atoms with Crippen molar-refractivity contribution in [3.8, 4) is 11.1 Å². The van der Waals surface area contributed by atoms with E-state index in [1.54, 1.807) is 12.1 Å². The SMILES string of the molecule is Fc1cc2cccc3c2c-3c1F. The van der Waals surface area contributed by atoms with Gasteiger partial charge in [-0.1, -0.05) is 18.2 Å². The van der Waals surface area contributed by atoms with Gasteiger partial charge in [-0.3, -0.25) is 0 Å². The molecule has 0 spiro atoms. The van der Waals surface area contributed by atoms with Crippen molar-refractivity contribution < 1.29 is 8.78 Å². The quantitative estimate of drug-likeness (QED) is 0.476. The van der Waals surface area contributed by atoms with Gasteiger partial charge in [0.25, 0.3) is 0 Å². The normalized spacial score (nSPS) is 12.2. The summed E-state index contributed by atoms with van der Waals surface area (Å²) in [5, 5.41) is 1.68. The average molecular weight is 162 g/mol. The van der Waals surface area contributed by atoms with Gasteiger partial charge in [0, 0.05) is 10.9 Å². The standard InChI is InChI=1S/C10H4F2/c11-7-4-5-2-1-3-6-8(5)9(6)10(7)12/h1-4H. The van der Waals surface area contributed by atoms with Crippen molar-refractivity contribution in [2.75, 3.05) is 0 Å². The highest BCUT2D eigenvalue weighted by atomic mass is 19.2. The Kier molecular flexibility index (Phi) is 0.845. The van der Waals surface area contributed by atoms with Gasteiger partial charge in [-0.25, -0.2) is 8.78 Å². The molecular formula is C10H4F2. The summed E-state index contributed by atoms with van der Waals surface area (Å²) >= 11 is 0. The first-order chi connectivity index (χ1) is 5.79. The van der Waals surface area contributed by atoms with E-state index in [0.717, 1.165) is 16.3 Å². The van der Waals surface area contributed by atoms with E-state index in [-0.39, 0.29) is 0 Å². The van der Waals surface area contributed by atoms with Crippen LogP contribution in [0, 0.1) is 11.6 Å². The maximum Gasteiger partial charge on any atom is 0.167 e. The first-order valence-electron chi connectivity index (χ1n) is 3.70. The Morgan fingerprint density at radius 1 is 1.08 bits per heavy atom. The molecule has 12 heavy (non-hydrogen) atoms. The predicted octanol–water partition coefficient (Wildman–Crippen LogP) is 3.10. The van der Waals surface area contributed by atoms with Crippen LogP contribution in [0.15, 0.2) is 24.3 Å². The molecule has 0 saturated carbocycles. The summed E-state index contributed by atoms with van der Waals surface area (Å²) in [7, 11) is 0. The van der Waals surface area contributed by atoms with E-state index < -0.39 is 11.6 Å². The number of fused-ring (bicyclic) bond motifs is 1. The number of hydrogen-bond acceptors (Lipinski definition) is 0. The van der Waals surface area contributed by atoms with E-state index in [2.05, 4.69) is 0 Å². The lowest BCUT2D eigenvalue weighted by Gasteiger charge is -1.88. The third-order valence-corrected chi connectivity index (χ3v) is 2.26. The van der Waals surface area contributed by atoms with Gasteiger partial charge >= 0.3 is 0 Å². The molecule has 0 unspecified atom stereocenters. The third kappa shape index (κ3) is 0.524. The Morgan fingerprint density at radius 2 is 1.92 bits per heavy atom. The minimum Gasteiger partial charge on any atom is -0.204 e. The molecule has 2 heteroatoms. The highest BCUT2D eigenvalue weighted by Gasteiger charge is 2.27. The maximum atomic E-state index is 13.0. The molecule has 0 heterocycles. The monoisotopic (exact) mass is 162 g/mol. The molecule has 2 aromatic rings. The van der Waals surface area contributed by atoms with Gasteiger partial charge in [0.1, 0.15) is 0 Å². The fourth-order valence-electron chi connectivity index (χ4n) is 1.67. The van der Waals surface area contributed by atoms with Crippen LogP contribution in [-0.2, 0) is 0 Å². The molecule has 0 saturated heterocycles. The molecule has 0 N–H and O–H groups in total. The lowest BCUT2D eigenvalue weighted by Crippen LogP contribution is -1.78. The van der Waals surface area contributed by atoms with Gasteiger partial charge in [0.05, 0.1) is 0 Å². The van der Waals surface area contributed by atoms with Gasteiger partial charge in [-0.05, 0) is 17.0 Å². The molecule has 0 aromatic heterocycles. The van der Waals surface area contributed by atoms with Crippen LogP contribution in [0.2, 0.25) is 0 Å². The number of benzene rings is 2. The molecule has 0 radical (unpaired) electrons. The maximum absolute atomic E-state index is 13.0. The average Bonchev–Trinajstić information content (AvgIpc) is 2.77. The predicted molar refractivity (Wildman–Crippen MR) is 42.9 cm³/mol. The summed E-state index contributed by atoms with van der Waals surface area (Å²) < 4.78 is 25.8. The Labute approximate surface area is 67.4 Å². The summed E-state index contributed by atoms with van der Waals surface area (Å²) in [6, 6.07) is 6.65. The molecule has 2 aromatic carbocycles. The van der Waals surface area contributed by atoms with Crippen molar-refractivity contribution in [1.82, 2.24) is 0 Å². The van der Waals surface area contributed by atoms with Crippen molar-refractivity contribution in [2.24, 2.45) is 0 Å². The summed E-state index contributed by atoms with van der Waals surface area (Å²) in [6.07, 6.45) is 0. The van der Waals surface area contributed by atoms with Crippen LogP contribution in [0.25, 0.3) is 21.9 Å². The molecule has 3 rings (SSSR count). The molecule has 1 aliphatic carbocycles. The first kappa shape index (κ1) is 6.12. The fraction of sp³-hybridized carbons (Fsp3) is 0. The summed E-state index contributed by atoms with van der Waals surface area (Å²) in [5.41, 5.74) is 1.32. The van der Waals surface area contributed by atoms with Crippen molar-refractivity contribution >= 4 is 10.8 Å². The van der Waals surface area contributed by atoms with Crippen LogP contribution >= 0.6 is 0 Å². The first-order valence-corrected chi connectivity index (χ1v) is 3.70. The lowest BCUT2D eigenvalue weighted by molar-refractivity contribution is 0.515. The third-order valence-electron chi connectivity index (χ3n) is 2.26. The number of halogens is 2. The highest BCUT2D eigenvalue weighted by molar-refractivity contribution is 6.20. The van der Waals surface area contributed by atoms with E-state index in [1.165, 1.54) is 6.07 Å². The van der Waals surface area contributed by atoms with Gasteiger partial charge < -0.3 is 0 Å². The van der Waals surface area contributed by atoms with Gasteiger partial charge in [-0.2, -0.15) is 0 Å². The topological polar surface area (TPSA) is 0 Å². The van der Waals surface area contributed by atoms with Gasteiger partial charge in [-0.15, -0.1) is 0 Å². The smallest absolute Gasteiger partial charge is 0.167 e. The van der Waals surface area contributed by atoms with Crippen LogP contribution in [-0.4, -0.2) is 0 Å². The van der Waals surface area contributed by atoms with Crippen molar-refractivity contribution in [1.29, 1.82) is 0 Å². The number of hydrogen-bond donors (Lipinski definition) is 0. The molecule has 58 valence electrons. The summed E-state index contributed by atoms with van der Waals surface area (Å²) in [4.78, 5) is 0. The Balaban J connectivity index is 2.56. The van der Waals surface area contributed by atoms with Crippen LogP contribution in [0.1, 0.15) is 0 Å². The molecule has 0 nitrogen and oxygen atoms in total. The molecule has 0 atom stereocenters. The Bertz CT molecular complexity index is 501. The lowest BCUT2D eigenvalue weighted by atomic mass is 10.2. The zero-order valence-electron chi connectivity index (χ0n) is 6.07. The second-order valence-corrected chi connectivity index (χ2v) is 2.95. The highest BCUT2D eigenvalue weighted by Crippen LogP contribution is 2.48. The van der Waals surface area contributed by atoms with Crippen LogP contribution in [0.3, 0.4) is 0 Å². The minimum absolute atomic E-state index is 0.468. The van der Waals surface area contributed by atoms with E-state index in [4.69, 9.17) is 0 Å². The molecule has 0 bridgehead atoms. The minimum atomic E-state index is -0.751. The zero-order valence-corrected chi connectivity index (χ0v) is 6.07. The number of rotatable bonds is 0. The van der Waals surface area contributed by atoms with Gasteiger partial charge in [0.2, 0.25) is 0 Å². The molecule has 0 amide bonds. The van der Waals surface area contributed by atoms with Crippen LogP contribution in [0.4, 0.5) is 8.78 Å². The summed E-state index contributed by atoms with van der Waals surface area (Å²) in [5.74, 6) is -1.46. The second-order valence-electron chi connectivity index (χ2n) is 2.95. The second kappa shape index (κ2) is 1.66. The molecule has 0 aliphatic heterocycles. The largest absolute Gasteiger partial charge is 0.204 e. The molecular weight excluding hydrogens is 158 g/mol. The van der Waals surface area contributed by atoms with E-state index >= 15 is 0 Å². The van der Waals surface area contributed by atoms with Crippen molar-refractivity contribution in [2.45, 2.75) is 0 Å². The van der Waals surface area contributed by atoms with E-state index in [0.29, 0.717) is 5.56 Å². The fourth-order valence-corrected chi connectivity index (χ4v) is 1.67. The van der Waals surface area contributed by atoms with Crippen LogP contribution < -0.4 is 0 Å². The Hall–Kier alpha value is -1.44. The van der Waals surface area contributed by atoms with Crippen LogP contribution in [0.5, 0.6) is 0 Å². The Morgan fingerprint density at radius 3 is 2.75 bits per heavy atom. The van der Waals surface area contributed by atoms with E-state index in [9.17, 15) is 8.78 Å². The van der Waals surface area contributed by atoms with Gasteiger partial charge in [0.15, 0.2) is 11.6 Å². The molecule has 0 fully saturated rings.